The molecule has 30 heavy (non-hydrogen) atoms. The maximum atomic E-state index is 12.9. The zero-order valence-corrected chi connectivity index (χ0v) is 18.2. The summed E-state index contributed by atoms with van der Waals surface area (Å²) in [5.41, 5.74) is 3.25. The molecule has 7 heteroatoms. The second-order valence-electron chi connectivity index (χ2n) is 7.59. The van der Waals surface area contributed by atoms with Gasteiger partial charge in [0.25, 0.3) is 5.91 Å². The summed E-state index contributed by atoms with van der Waals surface area (Å²) in [6.45, 7) is 8.12. The van der Waals surface area contributed by atoms with E-state index in [-0.39, 0.29) is 11.9 Å². The molecule has 0 aliphatic carbocycles. The molecule has 2 heterocycles. The minimum absolute atomic E-state index is 0.0863. The number of aryl methyl sites for hydroxylation is 1. The average Bonchev–Trinajstić information content (AvgIpc) is 3.37. The number of hydrogen-bond acceptors (Lipinski definition) is 5. The Morgan fingerprint density at radius 2 is 1.83 bits per heavy atom. The normalized spacial score (nSPS) is 15.1. The third-order valence-electron chi connectivity index (χ3n) is 5.68. The van der Waals surface area contributed by atoms with Gasteiger partial charge in [0.2, 0.25) is 0 Å². The first-order valence-corrected chi connectivity index (χ1v) is 10.5. The Balaban J connectivity index is 1.76. The monoisotopic (exact) mass is 413 g/mol. The molecular formula is C23H31N3O4. The van der Waals surface area contributed by atoms with Crippen LogP contribution in [0.25, 0.3) is 0 Å². The van der Waals surface area contributed by atoms with Crippen LogP contribution in [0.1, 0.15) is 63.5 Å². The lowest BCUT2D eigenvalue weighted by molar-refractivity contribution is 0.0525. The van der Waals surface area contributed by atoms with Crippen molar-refractivity contribution in [3.63, 3.8) is 0 Å². The van der Waals surface area contributed by atoms with Crippen LogP contribution in [-0.4, -0.2) is 55.1 Å². The van der Waals surface area contributed by atoms with Crippen LogP contribution in [0, 0.1) is 13.8 Å². The van der Waals surface area contributed by atoms with E-state index in [9.17, 15) is 9.59 Å². The molecule has 0 radical (unpaired) electrons. The summed E-state index contributed by atoms with van der Waals surface area (Å²) in [7, 11) is 1.65. The van der Waals surface area contributed by atoms with Crippen LogP contribution in [0.5, 0.6) is 5.75 Å². The number of nitrogens with zero attached hydrogens (tertiary/aromatic N) is 1. The number of likely N-dealkylation sites (tertiary alicyclic amines) is 1. The maximum Gasteiger partial charge on any atom is 0.340 e. The predicted octanol–water partition coefficient (Wildman–Crippen LogP) is 3.38. The molecule has 2 aromatic rings. The number of carbonyl (C=O) groups is 2. The van der Waals surface area contributed by atoms with Crippen molar-refractivity contribution in [3.05, 3.63) is 52.3 Å². The maximum absolute atomic E-state index is 12.9. The molecule has 1 saturated heterocycles. The van der Waals surface area contributed by atoms with E-state index in [2.05, 4.69) is 27.3 Å². The summed E-state index contributed by atoms with van der Waals surface area (Å²) in [5, 5.41) is 3.06. The minimum Gasteiger partial charge on any atom is -0.497 e. The topological polar surface area (TPSA) is 83.7 Å². The van der Waals surface area contributed by atoms with Crippen molar-refractivity contribution in [1.82, 2.24) is 15.2 Å². The quantitative estimate of drug-likeness (QED) is 0.648. The van der Waals surface area contributed by atoms with Gasteiger partial charge in [-0.25, -0.2) is 4.79 Å². The summed E-state index contributed by atoms with van der Waals surface area (Å²) < 4.78 is 10.4. The van der Waals surface area contributed by atoms with Gasteiger partial charge in [-0.05, 0) is 70.0 Å². The van der Waals surface area contributed by atoms with Crippen molar-refractivity contribution in [3.8, 4) is 5.75 Å². The lowest BCUT2D eigenvalue weighted by Crippen LogP contribution is -2.37. The fraction of sp³-hybridized carbons (Fsp3) is 0.478. The Morgan fingerprint density at radius 3 is 2.43 bits per heavy atom. The SMILES string of the molecule is CCOC(=O)c1c(C)[nH]c(C(=O)NCC(c2ccc(OC)cc2)N2CCCC2)c1C. The number of H-pyrrole nitrogens is 1. The summed E-state index contributed by atoms with van der Waals surface area (Å²) in [5.74, 6) is 0.187. The predicted molar refractivity (Wildman–Crippen MR) is 115 cm³/mol. The van der Waals surface area contributed by atoms with Gasteiger partial charge in [0, 0.05) is 12.2 Å². The van der Waals surface area contributed by atoms with Crippen LogP contribution in [0.3, 0.4) is 0 Å². The van der Waals surface area contributed by atoms with Gasteiger partial charge in [0.15, 0.2) is 0 Å². The molecule has 1 aromatic carbocycles. The Hall–Kier alpha value is -2.80. The number of aromatic amines is 1. The van der Waals surface area contributed by atoms with Gasteiger partial charge >= 0.3 is 5.97 Å². The Morgan fingerprint density at radius 1 is 1.17 bits per heavy atom. The first-order valence-electron chi connectivity index (χ1n) is 10.5. The van der Waals surface area contributed by atoms with E-state index in [4.69, 9.17) is 9.47 Å². The van der Waals surface area contributed by atoms with E-state index in [0.717, 1.165) is 24.4 Å². The molecule has 1 unspecified atom stereocenters. The van der Waals surface area contributed by atoms with Crippen LogP contribution < -0.4 is 10.1 Å². The molecule has 1 aliphatic rings. The van der Waals surface area contributed by atoms with Crippen LogP contribution >= 0.6 is 0 Å². The lowest BCUT2D eigenvalue weighted by atomic mass is 10.0. The van der Waals surface area contributed by atoms with Gasteiger partial charge < -0.3 is 19.8 Å². The van der Waals surface area contributed by atoms with E-state index in [0.29, 0.717) is 35.7 Å². The zero-order chi connectivity index (χ0) is 21.7. The van der Waals surface area contributed by atoms with Crippen molar-refractivity contribution in [2.24, 2.45) is 0 Å². The molecular weight excluding hydrogens is 382 g/mol. The van der Waals surface area contributed by atoms with Crippen LogP contribution in [0.15, 0.2) is 24.3 Å². The molecule has 0 bridgehead atoms. The average molecular weight is 414 g/mol. The van der Waals surface area contributed by atoms with Crippen molar-refractivity contribution < 1.29 is 19.1 Å². The van der Waals surface area contributed by atoms with Crippen molar-refractivity contribution in [2.75, 3.05) is 33.4 Å². The number of ether oxygens (including phenoxy) is 2. The first kappa shape index (κ1) is 21.9. The summed E-state index contributed by atoms with van der Waals surface area (Å²) in [6.07, 6.45) is 2.33. The molecule has 1 atom stereocenters. The number of nitrogens with one attached hydrogen (secondary N) is 2. The molecule has 0 saturated carbocycles. The standard InChI is InChI=1S/C23H31N3O4/c1-5-30-23(28)20-15(2)21(25-16(20)3)22(27)24-14-19(26-12-6-7-13-26)17-8-10-18(29-4)11-9-17/h8-11,19,25H,5-7,12-14H2,1-4H3,(H,24,27). The molecule has 3 rings (SSSR count). The Labute approximate surface area is 177 Å². The number of aromatic nitrogens is 1. The van der Waals surface area contributed by atoms with Gasteiger partial charge in [-0.2, -0.15) is 0 Å². The number of hydrogen-bond donors (Lipinski definition) is 2. The van der Waals surface area contributed by atoms with Crippen LogP contribution in [0.2, 0.25) is 0 Å². The molecule has 1 aliphatic heterocycles. The van der Waals surface area contributed by atoms with Crippen LogP contribution in [0.4, 0.5) is 0 Å². The van der Waals surface area contributed by atoms with E-state index in [1.54, 1.807) is 27.9 Å². The molecule has 162 valence electrons. The number of rotatable bonds is 8. The highest BCUT2D eigenvalue weighted by Gasteiger charge is 2.26. The van der Waals surface area contributed by atoms with Crippen LogP contribution in [-0.2, 0) is 4.74 Å². The highest BCUT2D eigenvalue weighted by Crippen LogP contribution is 2.26. The lowest BCUT2D eigenvalue weighted by Gasteiger charge is -2.28. The van der Waals surface area contributed by atoms with E-state index in [1.807, 2.05) is 12.1 Å². The second kappa shape index (κ2) is 9.80. The fourth-order valence-electron chi connectivity index (χ4n) is 4.10. The van der Waals surface area contributed by atoms with Gasteiger partial charge in [-0.3, -0.25) is 9.69 Å². The second-order valence-corrected chi connectivity index (χ2v) is 7.59. The number of benzene rings is 1. The smallest absolute Gasteiger partial charge is 0.340 e. The third-order valence-corrected chi connectivity index (χ3v) is 5.68. The van der Waals surface area contributed by atoms with Crippen molar-refractivity contribution in [1.29, 1.82) is 0 Å². The molecule has 7 nitrogen and oxygen atoms in total. The van der Waals surface area contributed by atoms with Gasteiger partial charge in [-0.1, -0.05) is 12.1 Å². The molecule has 2 N–H and O–H groups in total. The number of methoxy groups -OCH3 is 1. The van der Waals surface area contributed by atoms with E-state index < -0.39 is 5.97 Å². The minimum atomic E-state index is -0.407. The third kappa shape index (κ3) is 4.67. The Bertz CT molecular complexity index is 883. The highest BCUT2D eigenvalue weighted by molar-refractivity contribution is 6.00. The van der Waals surface area contributed by atoms with E-state index in [1.165, 1.54) is 12.8 Å². The van der Waals surface area contributed by atoms with Gasteiger partial charge in [-0.15, -0.1) is 0 Å². The zero-order valence-electron chi connectivity index (χ0n) is 18.2. The number of carbonyl (C=O) groups excluding carboxylic acids is 2. The van der Waals surface area contributed by atoms with Crippen molar-refractivity contribution >= 4 is 11.9 Å². The summed E-state index contributed by atoms with van der Waals surface area (Å²) >= 11 is 0. The van der Waals surface area contributed by atoms with Gasteiger partial charge in [0.05, 0.1) is 25.3 Å². The molecule has 1 aromatic heterocycles. The largest absolute Gasteiger partial charge is 0.497 e. The Kier molecular flexibility index (Phi) is 7.15. The van der Waals surface area contributed by atoms with Gasteiger partial charge in [0.1, 0.15) is 11.4 Å². The van der Waals surface area contributed by atoms with Crippen molar-refractivity contribution in [2.45, 2.75) is 39.7 Å². The van der Waals surface area contributed by atoms with E-state index >= 15 is 0 Å². The number of amides is 1. The number of esters is 1. The fourth-order valence-corrected chi connectivity index (χ4v) is 4.10. The molecule has 1 amide bonds. The summed E-state index contributed by atoms with van der Waals surface area (Å²) in [4.78, 5) is 30.6. The molecule has 0 spiro atoms. The first-order chi connectivity index (χ1) is 14.5. The molecule has 1 fully saturated rings. The highest BCUT2D eigenvalue weighted by atomic mass is 16.5. The summed E-state index contributed by atoms with van der Waals surface area (Å²) in [6, 6.07) is 8.09.